The van der Waals surface area contributed by atoms with Crippen LogP contribution >= 0.6 is 15.9 Å². The molecule has 0 unspecified atom stereocenters. The summed E-state index contributed by atoms with van der Waals surface area (Å²) in [6.07, 6.45) is 0. The SMILES string of the molecule is Cc1cc(N2CCN(C)CC2)nc(Nc2ccc(Br)c(C)c2)n1. The molecule has 2 heterocycles. The Morgan fingerprint density at radius 1 is 1.04 bits per heavy atom. The molecule has 1 fully saturated rings. The maximum absolute atomic E-state index is 4.70. The number of rotatable bonds is 3. The third-order valence-electron chi connectivity index (χ3n) is 4.08. The van der Waals surface area contributed by atoms with E-state index in [1.54, 1.807) is 0 Å². The van der Waals surface area contributed by atoms with Gasteiger partial charge in [0.2, 0.25) is 5.95 Å². The Labute approximate surface area is 145 Å². The van der Waals surface area contributed by atoms with Crippen molar-refractivity contribution >= 4 is 33.4 Å². The largest absolute Gasteiger partial charge is 0.354 e. The van der Waals surface area contributed by atoms with E-state index in [1.807, 2.05) is 19.1 Å². The number of anilines is 3. The Bertz CT molecular complexity index is 695. The summed E-state index contributed by atoms with van der Waals surface area (Å²) in [5.74, 6) is 1.66. The fourth-order valence-electron chi connectivity index (χ4n) is 2.66. The molecule has 2 aromatic rings. The summed E-state index contributed by atoms with van der Waals surface area (Å²) < 4.78 is 1.10. The Hall–Kier alpha value is -1.66. The Balaban J connectivity index is 1.81. The second kappa shape index (κ2) is 6.84. The number of aryl methyl sites for hydroxylation is 2. The Morgan fingerprint density at radius 3 is 2.48 bits per heavy atom. The van der Waals surface area contributed by atoms with E-state index in [0.717, 1.165) is 47.9 Å². The first-order chi connectivity index (χ1) is 11.0. The van der Waals surface area contributed by atoms with Gasteiger partial charge in [-0.05, 0) is 44.7 Å². The van der Waals surface area contributed by atoms with Crippen LogP contribution in [0.25, 0.3) is 0 Å². The number of benzene rings is 1. The van der Waals surface area contributed by atoms with Crippen LogP contribution in [0.4, 0.5) is 17.5 Å². The highest BCUT2D eigenvalue weighted by Crippen LogP contribution is 2.23. The lowest BCUT2D eigenvalue weighted by atomic mass is 10.2. The minimum atomic E-state index is 0.653. The van der Waals surface area contributed by atoms with Crippen molar-refractivity contribution in [3.05, 3.63) is 40.0 Å². The third kappa shape index (κ3) is 4.00. The smallest absolute Gasteiger partial charge is 0.229 e. The number of hydrogen-bond acceptors (Lipinski definition) is 5. The van der Waals surface area contributed by atoms with Crippen LogP contribution in [0.3, 0.4) is 0 Å². The van der Waals surface area contributed by atoms with Gasteiger partial charge in [0.15, 0.2) is 0 Å². The van der Waals surface area contributed by atoms with Crippen molar-refractivity contribution in [2.24, 2.45) is 0 Å². The second-order valence-corrected chi connectivity index (χ2v) is 6.92. The molecule has 0 radical (unpaired) electrons. The summed E-state index contributed by atoms with van der Waals surface area (Å²) in [5.41, 5.74) is 3.16. The van der Waals surface area contributed by atoms with Gasteiger partial charge in [0.1, 0.15) is 5.82 Å². The van der Waals surface area contributed by atoms with Crippen molar-refractivity contribution < 1.29 is 0 Å². The van der Waals surface area contributed by atoms with Crippen molar-refractivity contribution in [1.29, 1.82) is 0 Å². The van der Waals surface area contributed by atoms with Gasteiger partial charge < -0.3 is 15.1 Å². The van der Waals surface area contributed by atoms with Crippen LogP contribution in [0.1, 0.15) is 11.3 Å². The second-order valence-electron chi connectivity index (χ2n) is 6.07. The van der Waals surface area contributed by atoms with E-state index in [4.69, 9.17) is 4.98 Å². The fourth-order valence-corrected chi connectivity index (χ4v) is 2.90. The fraction of sp³-hybridized carbons (Fsp3) is 0.412. The highest BCUT2D eigenvalue weighted by molar-refractivity contribution is 9.10. The molecule has 0 atom stereocenters. The molecule has 0 saturated carbocycles. The van der Waals surface area contributed by atoms with Gasteiger partial charge >= 0.3 is 0 Å². The summed E-state index contributed by atoms with van der Waals surface area (Å²) >= 11 is 3.53. The third-order valence-corrected chi connectivity index (χ3v) is 4.97. The average Bonchev–Trinajstić information content (AvgIpc) is 2.51. The molecule has 0 amide bonds. The maximum Gasteiger partial charge on any atom is 0.229 e. The van der Waals surface area contributed by atoms with Crippen LogP contribution in [0, 0.1) is 13.8 Å². The minimum absolute atomic E-state index is 0.653. The molecule has 1 saturated heterocycles. The molecule has 23 heavy (non-hydrogen) atoms. The quantitative estimate of drug-likeness (QED) is 0.890. The molecule has 0 spiro atoms. The van der Waals surface area contributed by atoms with Crippen LogP contribution in [-0.4, -0.2) is 48.1 Å². The Morgan fingerprint density at radius 2 is 1.78 bits per heavy atom. The monoisotopic (exact) mass is 375 g/mol. The van der Waals surface area contributed by atoms with Gasteiger partial charge in [-0.1, -0.05) is 15.9 Å². The summed E-state index contributed by atoms with van der Waals surface area (Å²) in [6.45, 7) is 8.23. The van der Waals surface area contributed by atoms with E-state index >= 15 is 0 Å². The summed E-state index contributed by atoms with van der Waals surface area (Å²) in [5, 5.41) is 3.32. The summed E-state index contributed by atoms with van der Waals surface area (Å²) in [4.78, 5) is 13.9. The van der Waals surface area contributed by atoms with Gasteiger partial charge in [0, 0.05) is 48.1 Å². The summed E-state index contributed by atoms with van der Waals surface area (Å²) in [7, 11) is 2.16. The zero-order valence-electron chi connectivity index (χ0n) is 13.8. The van der Waals surface area contributed by atoms with E-state index in [0.29, 0.717) is 5.95 Å². The topological polar surface area (TPSA) is 44.3 Å². The van der Waals surface area contributed by atoms with Gasteiger partial charge in [-0.15, -0.1) is 0 Å². The normalized spacial score (nSPS) is 15.7. The van der Waals surface area contributed by atoms with Crippen molar-refractivity contribution in [3.63, 3.8) is 0 Å². The van der Waals surface area contributed by atoms with Crippen molar-refractivity contribution in [3.8, 4) is 0 Å². The van der Waals surface area contributed by atoms with Gasteiger partial charge in [0.25, 0.3) is 0 Å². The molecule has 6 heteroatoms. The van der Waals surface area contributed by atoms with Crippen molar-refractivity contribution in [2.75, 3.05) is 43.4 Å². The molecule has 1 aliphatic heterocycles. The molecular formula is C17H22BrN5. The van der Waals surface area contributed by atoms with Crippen LogP contribution < -0.4 is 10.2 Å². The molecule has 0 aliphatic carbocycles. The van der Waals surface area contributed by atoms with E-state index in [1.165, 1.54) is 5.56 Å². The molecule has 122 valence electrons. The molecule has 1 aliphatic rings. The summed E-state index contributed by atoms with van der Waals surface area (Å²) in [6, 6.07) is 8.21. The lowest BCUT2D eigenvalue weighted by Crippen LogP contribution is -2.44. The van der Waals surface area contributed by atoms with Gasteiger partial charge in [0.05, 0.1) is 0 Å². The van der Waals surface area contributed by atoms with Crippen molar-refractivity contribution in [1.82, 2.24) is 14.9 Å². The number of piperazine rings is 1. The van der Waals surface area contributed by atoms with E-state index in [2.05, 4.69) is 62.1 Å². The first kappa shape index (κ1) is 16.2. The minimum Gasteiger partial charge on any atom is -0.354 e. The van der Waals surface area contributed by atoms with Crippen LogP contribution in [0.2, 0.25) is 0 Å². The van der Waals surface area contributed by atoms with Crippen LogP contribution in [-0.2, 0) is 0 Å². The highest BCUT2D eigenvalue weighted by Gasteiger charge is 2.16. The molecule has 1 aromatic carbocycles. The molecular weight excluding hydrogens is 354 g/mol. The number of nitrogens with zero attached hydrogens (tertiary/aromatic N) is 4. The molecule has 5 nitrogen and oxygen atoms in total. The lowest BCUT2D eigenvalue weighted by molar-refractivity contribution is 0.312. The zero-order valence-corrected chi connectivity index (χ0v) is 15.4. The molecule has 1 N–H and O–H groups in total. The lowest BCUT2D eigenvalue weighted by Gasteiger charge is -2.33. The Kier molecular flexibility index (Phi) is 4.82. The first-order valence-electron chi connectivity index (χ1n) is 7.83. The number of halogens is 1. The predicted octanol–water partition coefficient (Wildman–Crippen LogP) is 3.35. The van der Waals surface area contributed by atoms with Gasteiger partial charge in [-0.3, -0.25) is 0 Å². The van der Waals surface area contributed by atoms with E-state index < -0.39 is 0 Å². The van der Waals surface area contributed by atoms with Crippen molar-refractivity contribution in [2.45, 2.75) is 13.8 Å². The number of likely N-dealkylation sites (N-methyl/N-ethyl adjacent to an activating group) is 1. The van der Waals surface area contributed by atoms with Gasteiger partial charge in [-0.25, -0.2) is 4.98 Å². The number of hydrogen-bond donors (Lipinski definition) is 1. The maximum atomic E-state index is 4.70. The first-order valence-corrected chi connectivity index (χ1v) is 8.63. The van der Waals surface area contributed by atoms with Gasteiger partial charge in [-0.2, -0.15) is 4.98 Å². The average molecular weight is 376 g/mol. The number of nitrogens with one attached hydrogen (secondary N) is 1. The van der Waals surface area contributed by atoms with E-state index in [9.17, 15) is 0 Å². The zero-order chi connectivity index (χ0) is 16.4. The number of aromatic nitrogens is 2. The molecule has 3 rings (SSSR count). The van der Waals surface area contributed by atoms with Crippen LogP contribution in [0.5, 0.6) is 0 Å². The highest BCUT2D eigenvalue weighted by atomic mass is 79.9. The van der Waals surface area contributed by atoms with Crippen LogP contribution in [0.15, 0.2) is 28.7 Å². The molecule has 0 bridgehead atoms. The predicted molar refractivity (Wildman–Crippen MR) is 98.6 cm³/mol. The van der Waals surface area contributed by atoms with E-state index in [-0.39, 0.29) is 0 Å². The standard InChI is InChI=1S/C17H22BrN5/c1-12-10-14(4-5-15(12)18)20-17-19-13(2)11-16(21-17)23-8-6-22(3)7-9-23/h4-5,10-11H,6-9H2,1-3H3,(H,19,20,21). The molecule has 1 aromatic heterocycles.